The molecule has 1 aromatic carbocycles. The molecule has 15 heavy (non-hydrogen) atoms. The number of para-hydroxylation sites is 2. The van der Waals surface area contributed by atoms with Crippen LogP contribution in [0.2, 0.25) is 0 Å². The van der Waals surface area contributed by atoms with Gasteiger partial charge >= 0.3 is 0 Å². The Kier molecular flexibility index (Phi) is 2.59. The summed E-state index contributed by atoms with van der Waals surface area (Å²) in [7, 11) is 0. The van der Waals surface area contributed by atoms with E-state index in [0.29, 0.717) is 12.5 Å². The van der Waals surface area contributed by atoms with Gasteiger partial charge in [0.1, 0.15) is 12.2 Å². The molecule has 0 N–H and O–H groups in total. The average Bonchev–Trinajstić information content (AvgIpc) is 2.15. The molecule has 2 heteroatoms. The highest BCUT2D eigenvalue weighted by molar-refractivity contribution is 5.41. The first kappa shape index (κ1) is 10.3. The minimum atomic E-state index is -0.178. The van der Waals surface area contributed by atoms with Gasteiger partial charge in [0.05, 0.1) is 0 Å². The highest BCUT2D eigenvalue weighted by Gasteiger charge is 2.33. The third-order valence-electron chi connectivity index (χ3n) is 2.58. The summed E-state index contributed by atoms with van der Waals surface area (Å²) in [6.07, 6.45) is 1.02. The van der Waals surface area contributed by atoms with Crippen molar-refractivity contribution in [1.29, 1.82) is 0 Å². The number of ether oxygens (including phenoxy) is 2. The van der Waals surface area contributed by atoms with Gasteiger partial charge < -0.3 is 9.47 Å². The maximum Gasteiger partial charge on any atom is 0.162 e. The van der Waals surface area contributed by atoms with Crippen LogP contribution < -0.4 is 9.47 Å². The highest BCUT2D eigenvalue weighted by atomic mass is 16.6. The Morgan fingerprint density at radius 3 is 2.60 bits per heavy atom. The van der Waals surface area contributed by atoms with Crippen molar-refractivity contribution >= 4 is 0 Å². The summed E-state index contributed by atoms with van der Waals surface area (Å²) in [5.41, 5.74) is -0.178. The van der Waals surface area contributed by atoms with Crippen molar-refractivity contribution in [2.45, 2.75) is 32.8 Å². The van der Waals surface area contributed by atoms with E-state index in [0.717, 1.165) is 17.9 Å². The van der Waals surface area contributed by atoms with Crippen molar-refractivity contribution < 1.29 is 9.47 Å². The molecule has 2 nitrogen and oxygen atoms in total. The molecule has 0 saturated carbocycles. The van der Waals surface area contributed by atoms with E-state index in [2.05, 4.69) is 20.8 Å². The molecule has 0 radical (unpaired) electrons. The second kappa shape index (κ2) is 3.76. The molecule has 1 aliphatic heterocycles. The van der Waals surface area contributed by atoms with Crippen LogP contribution in [0.5, 0.6) is 11.5 Å². The Morgan fingerprint density at radius 2 is 1.93 bits per heavy atom. The molecular formula is C13H18O2. The van der Waals surface area contributed by atoms with Gasteiger partial charge in [-0.1, -0.05) is 26.0 Å². The van der Waals surface area contributed by atoms with Crippen LogP contribution in [0.25, 0.3) is 0 Å². The third kappa shape index (κ3) is 2.25. The van der Waals surface area contributed by atoms with Crippen molar-refractivity contribution in [3.8, 4) is 11.5 Å². The van der Waals surface area contributed by atoms with E-state index in [9.17, 15) is 0 Å². The smallest absolute Gasteiger partial charge is 0.162 e. The summed E-state index contributed by atoms with van der Waals surface area (Å²) in [6, 6.07) is 7.86. The molecule has 1 atom stereocenters. The second-order valence-electron chi connectivity index (χ2n) is 4.89. The van der Waals surface area contributed by atoms with E-state index in [1.165, 1.54) is 0 Å². The summed E-state index contributed by atoms with van der Waals surface area (Å²) in [5.74, 6) is 2.34. The molecule has 0 bridgehead atoms. The maximum absolute atomic E-state index is 6.01. The monoisotopic (exact) mass is 206 g/mol. The van der Waals surface area contributed by atoms with Gasteiger partial charge in [-0.2, -0.15) is 0 Å². The van der Waals surface area contributed by atoms with Crippen LogP contribution in [0.1, 0.15) is 27.2 Å². The van der Waals surface area contributed by atoms with Gasteiger partial charge in [0.25, 0.3) is 0 Å². The van der Waals surface area contributed by atoms with E-state index < -0.39 is 0 Å². The molecule has 0 fully saturated rings. The summed E-state index contributed by atoms with van der Waals surface area (Å²) in [6.45, 7) is 7.16. The van der Waals surface area contributed by atoms with Crippen molar-refractivity contribution in [2.24, 2.45) is 5.92 Å². The van der Waals surface area contributed by atoms with E-state index in [-0.39, 0.29) is 5.60 Å². The lowest BCUT2D eigenvalue weighted by atomic mass is 9.94. The topological polar surface area (TPSA) is 18.5 Å². The van der Waals surface area contributed by atoms with Crippen molar-refractivity contribution in [3.05, 3.63) is 24.3 Å². The van der Waals surface area contributed by atoms with Gasteiger partial charge in [0, 0.05) is 0 Å². The first-order valence-corrected chi connectivity index (χ1v) is 5.50. The summed E-state index contributed by atoms with van der Waals surface area (Å²) in [4.78, 5) is 0. The normalized spacial score (nSPS) is 24.3. The van der Waals surface area contributed by atoms with E-state index in [4.69, 9.17) is 9.47 Å². The Bertz CT molecular complexity index is 346. The summed E-state index contributed by atoms with van der Waals surface area (Å²) in [5, 5.41) is 0. The van der Waals surface area contributed by atoms with Gasteiger partial charge in [-0.15, -0.1) is 0 Å². The molecule has 0 amide bonds. The second-order valence-corrected chi connectivity index (χ2v) is 4.89. The lowest BCUT2D eigenvalue weighted by molar-refractivity contribution is -0.00887. The molecule has 0 saturated heterocycles. The number of benzene rings is 1. The molecule has 0 aliphatic carbocycles. The van der Waals surface area contributed by atoms with Crippen LogP contribution in [0.4, 0.5) is 0 Å². The quantitative estimate of drug-likeness (QED) is 0.739. The highest BCUT2D eigenvalue weighted by Crippen LogP contribution is 2.36. The predicted molar refractivity (Wildman–Crippen MR) is 60.4 cm³/mol. The largest absolute Gasteiger partial charge is 0.486 e. The Labute approximate surface area is 91.2 Å². The molecular weight excluding hydrogens is 188 g/mol. The summed E-state index contributed by atoms with van der Waals surface area (Å²) < 4.78 is 11.7. The van der Waals surface area contributed by atoms with Crippen molar-refractivity contribution in [2.75, 3.05) is 6.61 Å². The Hall–Kier alpha value is -1.18. The van der Waals surface area contributed by atoms with Gasteiger partial charge in [-0.05, 0) is 31.4 Å². The Balaban J connectivity index is 2.17. The zero-order valence-electron chi connectivity index (χ0n) is 9.62. The summed E-state index contributed by atoms with van der Waals surface area (Å²) >= 11 is 0. The van der Waals surface area contributed by atoms with Crippen LogP contribution in [0, 0.1) is 5.92 Å². The standard InChI is InChI=1S/C13H18O2/c1-10(2)8-13(3)9-14-11-6-4-5-7-12(11)15-13/h4-7,10H,8-9H2,1-3H3. The zero-order valence-corrected chi connectivity index (χ0v) is 9.62. The van der Waals surface area contributed by atoms with Gasteiger partial charge in [-0.25, -0.2) is 0 Å². The molecule has 0 aromatic heterocycles. The van der Waals surface area contributed by atoms with Crippen LogP contribution in [-0.4, -0.2) is 12.2 Å². The van der Waals surface area contributed by atoms with Crippen LogP contribution in [-0.2, 0) is 0 Å². The molecule has 1 unspecified atom stereocenters. The van der Waals surface area contributed by atoms with Gasteiger partial charge in [-0.3, -0.25) is 0 Å². The number of fused-ring (bicyclic) bond motifs is 1. The van der Waals surface area contributed by atoms with Crippen LogP contribution in [0.15, 0.2) is 24.3 Å². The van der Waals surface area contributed by atoms with E-state index in [1.54, 1.807) is 0 Å². The lowest BCUT2D eigenvalue weighted by Gasteiger charge is -2.36. The average molecular weight is 206 g/mol. The van der Waals surface area contributed by atoms with Gasteiger partial charge in [0.15, 0.2) is 11.5 Å². The molecule has 2 rings (SSSR count). The Morgan fingerprint density at radius 1 is 1.27 bits per heavy atom. The van der Waals surface area contributed by atoms with Crippen LogP contribution in [0.3, 0.4) is 0 Å². The molecule has 1 heterocycles. The molecule has 1 aliphatic rings. The predicted octanol–water partition coefficient (Wildman–Crippen LogP) is 3.26. The first-order valence-electron chi connectivity index (χ1n) is 5.50. The van der Waals surface area contributed by atoms with Gasteiger partial charge in [0.2, 0.25) is 0 Å². The fraction of sp³-hybridized carbons (Fsp3) is 0.538. The van der Waals surface area contributed by atoms with E-state index in [1.807, 2.05) is 24.3 Å². The third-order valence-corrected chi connectivity index (χ3v) is 2.58. The number of hydrogen-bond acceptors (Lipinski definition) is 2. The van der Waals surface area contributed by atoms with Crippen LogP contribution >= 0.6 is 0 Å². The zero-order chi connectivity index (χ0) is 10.9. The lowest BCUT2D eigenvalue weighted by Crippen LogP contribution is -2.43. The fourth-order valence-electron chi connectivity index (χ4n) is 2.14. The van der Waals surface area contributed by atoms with E-state index >= 15 is 0 Å². The number of hydrogen-bond donors (Lipinski definition) is 0. The molecule has 82 valence electrons. The number of rotatable bonds is 2. The fourth-order valence-corrected chi connectivity index (χ4v) is 2.14. The first-order chi connectivity index (χ1) is 7.09. The minimum Gasteiger partial charge on any atom is -0.486 e. The van der Waals surface area contributed by atoms with Crippen molar-refractivity contribution in [1.82, 2.24) is 0 Å². The minimum absolute atomic E-state index is 0.178. The molecule has 0 spiro atoms. The maximum atomic E-state index is 6.01. The van der Waals surface area contributed by atoms with Crippen molar-refractivity contribution in [3.63, 3.8) is 0 Å². The SMILES string of the molecule is CC(C)CC1(C)COc2ccccc2O1. The molecule has 1 aromatic rings.